The molecule has 1 fully saturated rings. The molecule has 0 aromatic rings. The van der Waals surface area contributed by atoms with Crippen molar-refractivity contribution in [2.75, 3.05) is 0 Å². The van der Waals surface area contributed by atoms with Crippen LogP contribution in [-0.2, 0) is 9.59 Å². The summed E-state index contributed by atoms with van der Waals surface area (Å²) in [7, 11) is -2.04. The van der Waals surface area contributed by atoms with Gasteiger partial charge in [-0.25, -0.2) is 4.79 Å². The molecule has 1 heterocycles. The van der Waals surface area contributed by atoms with Crippen LogP contribution in [0.3, 0.4) is 0 Å². The van der Waals surface area contributed by atoms with Crippen LogP contribution in [0, 0.1) is 0 Å². The molecule has 1 aliphatic rings. The van der Waals surface area contributed by atoms with Crippen molar-refractivity contribution in [2.45, 2.75) is 19.6 Å². The van der Waals surface area contributed by atoms with Crippen LogP contribution in [0.4, 0.5) is 4.79 Å². The van der Waals surface area contributed by atoms with Crippen molar-refractivity contribution in [3.8, 4) is 0 Å². The molecule has 4 amide bonds. The maximum atomic E-state index is 11.1. The van der Waals surface area contributed by atoms with E-state index >= 15 is 0 Å². The molecule has 0 aliphatic carbocycles. The third-order valence-electron chi connectivity index (χ3n) is 1.49. The zero-order chi connectivity index (χ0) is 9.52. The molecule has 12 heavy (non-hydrogen) atoms. The van der Waals surface area contributed by atoms with Gasteiger partial charge in [0.1, 0.15) is 0 Å². The quantitative estimate of drug-likeness (QED) is 0.353. The molecule has 0 saturated carbocycles. The highest BCUT2D eigenvalue weighted by Gasteiger charge is 2.43. The highest BCUT2D eigenvalue weighted by Crippen LogP contribution is 2.13. The highest BCUT2D eigenvalue weighted by molar-refractivity contribution is 6.81. The van der Waals surface area contributed by atoms with E-state index in [1.807, 2.05) is 25.0 Å². The first-order valence-electron chi connectivity index (χ1n) is 3.53. The third kappa shape index (κ3) is 1.25. The smallest absolute Gasteiger partial charge is 0.286 e. The Labute approximate surface area is 70.8 Å². The molecule has 1 N–H and O–H groups in total. The summed E-state index contributed by atoms with van der Waals surface area (Å²) in [5.41, 5.74) is 0. The molecule has 0 bridgehead atoms. The number of nitrogens with one attached hydrogen (secondary N) is 1. The number of hydrogen-bond acceptors (Lipinski definition) is 3. The van der Waals surface area contributed by atoms with Gasteiger partial charge in [0.05, 0.1) is 0 Å². The van der Waals surface area contributed by atoms with Gasteiger partial charge in [0.15, 0.2) is 8.24 Å². The van der Waals surface area contributed by atoms with E-state index in [9.17, 15) is 14.4 Å². The monoisotopic (exact) mass is 186 g/mol. The molecule has 0 aromatic carbocycles. The summed E-state index contributed by atoms with van der Waals surface area (Å²) in [5.74, 6) is -1.54. The molecule has 0 unspecified atom stereocenters. The zero-order valence-corrected chi connectivity index (χ0v) is 8.17. The van der Waals surface area contributed by atoms with Crippen LogP contribution in [0.1, 0.15) is 0 Å². The first-order valence-corrected chi connectivity index (χ1v) is 6.98. The number of urea groups is 1. The molecular formula is C6H10N2O3Si. The van der Waals surface area contributed by atoms with Gasteiger partial charge in [-0.15, -0.1) is 0 Å². The molecule has 1 rings (SSSR count). The lowest BCUT2D eigenvalue weighted by Crippen LogP contribution is -2.50. The van der Waals surface area contributed by atoms with Crippen LogP contribution < -0.4 is 5.32 Å². The van der Waals surface area contributed by atoms with Crippen molar-refractivity contribution >= 4 is 26.1 Å². The standard InChI is InChI=1S/C6H10N2O3Si/c1-12(2,3)8-5(10)4(9)7-6(8)11/h1-3H3,(H,7,9,11). The van der Waals surface area contributed by atoms with Crippen LogP contribution in [0.5, 0.6) is 0 Å². The number of carbonyl (C=O) groups is 3. The van der Waals surface area contributed by atoms with Crippen molar-refractivity contribution in [1.82, 2.24) is 9.88 Å². The average molecular weight is 186 g/mol. The normalized spacial score (nSPS) is 18.6. The molecular weight excluding hydrogens is 176 g/mol. The predicted molar refractivity (Wildman–Crippen MR) is 43.7 cm³/mol. The largest absolute Gasteiger partial charge is 0.323 e. The van der Waals surface area contributed by atoms with Gasteiger partial charge in [0.25, 0.3) is 0 Å². The van der Waals surface area contributed by atoms with Crippen molar-refractivity contribution in [3.63, 3.8) is 0 Å². The number of nitrogens with zero attached hydrogens (tertiary/aromatic N) is 1. The van der Waals surface area contributed by atoms with E-state index in [-0.39, 0.29) is 0 Å². The van der Waals surface area contributed by atoms with Crippen LogP contribution in [0.2, 0.25) is 19.6 Å². The van der Waals surface area contributed by atoms with Crippen molar-refractivity contribution in [1.29, 1.82) is 0 Å². The van der Waals surface area contributed by atoms with E-state index in [1.54, 1.807) is 0 Å². The van der Waals surface area contributed by atoms with Crippen molar-refractivity contribution in [2.24, 2.45) is 0 Å². The minimum Gasteiger partial charge on any atom is -0.286 e. The van der Waals surface area contributed by atoms with Gasteiger partial charge in [0, 0.05) is 0 Å². The number of rotatable bonds is 1. The van der Waals surface area contributed by atoms with E-state index in [2.05, 4.69) is 0 Å². The van der Waals surface area contributed by atoms with Gasteiger partial charge in [-0.1, -0.05) is 19.6 Å². The lowest BCUT2D eigenvalue weighted by molar-refractivity contribution is -0.138. The maximum Gasteiger partial charge on any atom is 0.323 e. The fourth-order valence-corrected chi connectivity index (χ4v) is 2.39. The van der Waals surface area contributed by atoms with E-state index < -0.39 is 26.1 Å². The summed E-state index contributed by atoms with van der Waals surface area (Å²) in [4.78, 5) is 32.9. The van der Waals surface area contributed by atoms with Crippen molar-refractivity contribution < 1.29 is 14.4 Å². The van der Waals surface area contributed by atoms with E-state index in [4.69, 9.17) is 0 Å². The zero-order valence-electron chi connectivity index (χ0n) is 7.17. The Kier molecular flexibility index (Phi) is 1.79. The van der Waals surface area contributed by atoms with Gasteiger partial charge in [-0.05, 0) is 0 Å². The summed E-state index contributed by atoms with van der Waals surface area (Å²) in [6.07, 6.45) is 0. The molecule has 0 radical (unpaired) electrons. The van der Waals surface area contributed by atoms with Crippen molar-refractivity contribution in [3.05, 3.63) is 0 Å². The van der Waals surface area contributed by atoms with Crippen LogP contribution >= 0.6 is 0 Å². The molecule has 6 heteroatoms. The van der Waals surface area contributed by atoms with Gasteiger partial charge >= 0.3 is 17.8 Å². The second-order valence-electron chi connectivity index (χ2n) is 3.57. The van der Waals surface area contributed by atoms with Gasteiger partial charge in [-0.2, -0.15) is 0 Å². The summed E-state index contributed by atoms with van der Waals surface area (Å²) in [5, 5.41) is 1.96. The van der Waals surface area contributed by atoms with E-state index in [1.165, 1.54) is 0 Å². The second kappa shape index (κ2) is 2.41. The lowest BCUT2D eigenvalue weighted by Gasteiger charge is -2.25. The molecule has 0 aromatic heterocycles. The molecule has 5 nitrogen and oxygen atoms in total. The molecule has 66 valence electrons. The number of hydrogen-bond donors (Lipinski definition) is 1. The Morgan fingerprint density at radius 3 is 1.83 bits per heavy atom. The first-order chi connectivity index (χ1) is 5.34. The Bertz CT molecular complexity index is 268. The molecule has 1 saturated heterocycles. The molecule has 0 spiro atoms. The fraction of sp³-hybridized carbons (Fsp3) is 0.500. The maximum absolute atomic E-state index is 11.1. The minimum atomic E-state index is -2.04. The third-order valence-corrected chi connectivity index (χ3v) is 3.24. The first kappa shape index (κ1) is 8.92. The molecule has 0 atom stereocenters. The topological polar surface area (TPSA) is 66.5 Å². The average Bonchev–Trinajstić information content (AvgIpc) is 2.05. The highest BCUT2D eigenvalue weighted by atomic mass is 28.3. The predicted octanol–water partition coefficient (Wildman–Crippen LogP) is -0.100. The SMILES string of the molecule is C[Si](C)(C)N1C(=O)NC(=O)C1=O. The summed E-state index contributed by atoms with van der Waals surface area (Å²) >= 11 is 0. The molecule has 1 aliphatic heterocycles. The van der Waals surface area contributed by atoms with Crippen LogP contribution in [-0.4, -0.2) is 30.6 Å². The minimum absolute atomic E-state index is 0.579. The van der Waals surface area contributed by atoms with Gasteiger partial charge in [0.2, 0.25) is 0 Å². The van der Waals surface area contributed by atoms with E-state index in [0.29, 0.717) is 0 Å². The summed E-state index contributed by atoms with van der Waals surface area (Å²) in [6.45, 7) is 5.47. The Morgan fingerprint density at radius 2 is 1.67 bits per heavy atom. The summed E-state index contributed by atoms with van der Waals surface area (Å²) in [6, 6.07) is -0.579. The van der Waals surface area contributed by atoms with Crippen LogP contribution in [0.25, 0.3) is 0 Å². The van der Waals surface area contributed by atoms with E-state index in [0.717, 1.165) is 4.57 Å². The fourth-order valence-electron chi connectivity index (χ4n) is 1.01. The number of amides is 4. The summed E-state index contributed by atoms with van der Waals surface area (Å²) < 4.78 is 1.05. The Morgan fingerprint density at radius 1 is 1.17 bits per heavy atom. The Hall–Kier alpha value is -1.17. The number of imide groups is 2. The number of carbonyl (C=O) groups excluding carboxylic acids is 3. The lowest BCUT2D eigenvalue weighted by atomic mass is 10.6. The van der Waals surface area contributed by atoms with Gasteiger partial charge in [-0.3, -0.25) is 19.5 Å². The second-order valence-corrected chi connectivity index (χ2v) is 8.36. The van der Waals surface area contributed by atoms with Gasteiger partial charge < -0.3 is 0 Å². The van der Waals surface area contributed by atoms with Crippen LogP contribution in [0.15, 0.2) is 0 Å². The Balaban J connectivity index is 3.00.